The molecule has 1 heterocycles. The summed E-state index contributed by atoms with van der Waals surface area (Å²) in [6.45, 7) is 3.43. The van der Waals surface area contributed by atoms with Gasteiger partial charge in [-0.3, -0.25) is 9.59 Å². The van der Waals surface area contributed by atoms with Gasteiger partial charge in [-0.25, -0.2) is 17.2 Å². The van der Waals surface area contributed by atoms with E-state index in [9.17, 15) is 26.8 Å². The van der Waals surface area contributed by atoms with Crippen LogP contribution in [0.5, 0.6) is 0 Å². The van der Waals surface area contributed by atoms with E-state index in [0.717, 1.165) is 27.6 Å². The maximum Gasteiger partial charge on any atom is 0.323 e. The second-order valence-electron chi connectivity index (χ2n) is 10.5. The van der Waals surface area contributed by atoms with Crippen molar-refractivity contribution in [2.45, 2.75) is 48.9 Å². The highest BCUT2D eigenvalue weighted by atomic mass is 32.2. The number of hydrogen-bond donors (Lipinski definition) is 1. The number of sulfonamides is 1. The van der Waals surface area contributed by atoms with E-state index < -0.39 is 50.7 Å². The topological polar surface area (TPSA) is 107 Å². The smallest absolute Gasteiger partial charge is 0.323 e. The van der Waals surface area contributed by atoms with Crippen molar-refractivity contribution in [3.05, 3.63) is 90.0 Å². The average molecular weight is 617 g/mol. The lowest BCUT2D eigenvalue weighted by Gasteiger charge is -2.25. The largest absolute Gasteiger partial charge is 0.465 e. The van der Waals surface area contributed by atoms with E-state index in [2.05, 4.69) is 0 Å². The normalized spacial score (nSPS) is 17.2. The quantitative estimate of drug-likeness (QED) is 0.273. The number of thioether (sulfide) groups is 1. The molecule has 3 aromatic rings. The molecule has 3 atom stereocenters. The predicted octanol–water partition coefficient (Wildman–Crippen LogP) is 5.36. The van der Waals surface area contributed by atoms with Gasteiger partial charge < -0.3 is 10.5 Å². The zero-order chi connectivity index (χ0) is 30.4. The molecule has 0 spiro atoms. The zero-order valence-electron chi connectivity index (χ0n) is 23.4. The van der Waals surface area contributed by atoms with Crippen LogP contribution in [0.3, 0.4) is 0 Å². The molecule has 1 fully saturated rings. The van der Waals surface area contributed by atoms with Gasteiger partial charge in [-0.15, -0.1) is 11.8 Å². The Kier molecular flexibility index (Phi) is 10.5. The van der Waals surface area contributed by atoms with Gasteiger partial charge in [0.2, 0.25) is 10.0 Å². The van der Waals surface area contributed by atoms with Gasteiger partial charge >= 0.3 is 5.97 Å². The summed E-state index contributed by atoms with van der Waals surface area (Å²) in [5.41, 5.74) is 7.31. The summed E-state index contributed by atoms with van der Waals surface area (Å²) in [6, 6.07) is 18.5. The Morgan fingerprint density at radius 3 is 2.21 bits per heavy atom. The summed E-state index contributed by atoms with van der Waals surface area (Å²) in [7, 11) is -4.03. The Hall–Kier alpha value is -3.12. The Bertz CT molecular complexity index is 1480. The molecule has 0 aliphatic carbocycles. The van der Waals surface area contributed by atoms with Crippen LogP contribution in [0.4, 0.5) is 8.78 Å². The van der Waals surface area contributed by atoms with Crippen molar-refractivity contribution < 1.29 is 31.5 Å². The van der Waals surface area contributed by atoms with Gasteiger partial charge in [0.05, 0.1) is 11.5 Å². The number of carbonyl (C=O) groups is 2. The number of ketones is 1. The number of carbonyl (C=O) groups excluding carboxylic acids is 2. The third-order valence-corrected chi connectivity index (χ3v) is 10.5. The first-order valence-corrected chi connectivity index (χ1v) is 16.2. The minimum atomic E-state index is -4.03. The number of rotatable bonds is 12. The van der Waals surface area contributed by atoms with Crippen LogP contribution in [0, 0.1) is 17.6 Å². The molecule has 0 bridgehead atoms. The van der Waals surface area contributed by atoms with Gasteiger partial charge in [-0.05, 0) is 53.6 Å². The summed E-state index contributed by atoms with van der Waals surface area (Å²) in [6.07, 6.45) is -0.395. The summed E-state index contributed by atoms with van der Waals surface area (Å²) in [5.74, 6) is -3.56. The van der Waals surface area contributed by atoms with Crippen LogP contribution in [0.2, 0.25) is 0 Å². The van der Waals surface area contributed by atoms with Gasteiger partial charge in [0, 0.05) is 24.3 Å². The van der Waals surface area contributed by atoms with Crippen molar-refractivity contribution >= 4 is 33.5 Å². The molecule has 2 N–H and O–H groups in total. The number of esters is 1. The monoisotopic (exact) mass is 616 g/mol. The standard InChI is InChI=1S/C31H34F2N2O5S2/c1-20(2)29(34)31(37)40-17-15-23(28-25(32)9-6-10-26(28)33)19-27(36)30-35(16-18-41-30)42(38,39)24-13-11-22(12-14-24)21-7-4-3-5-8-21/h3-14,20,23,29-30H,15-19,34H2,1-2H3/t23-,29+,30+/m1/s1. The molecule has 0 saturated carbocycles. The molecule has 1 aliphatic heterocycles. The molecule has 42 heavy (non-hydrogen) atoms. The van der Waals surface area contributed by atoms with Gasteiger partial charge in [-0.1, -0.05) is 62.4 Å². The third-order valence-electron chi connectivity index (χ3n) is 7.25. The SMILES string of the molecule is CC(C)[C@H](N)C(=O)OCC[C@H](CC(=O)[C@@H]1SCCN1S(=O)(=O)c1ccc(-c2ccccc2)cc1)c1c(F)cccc1F. The second kappa shape index (κ2) is 13.9. The number of nitrogens with zero attached hydrogens (tertiary/aromatic N) is 1. The molecule has 0 aromatic heterocycles. The molecule has 1 aliphatic rings. The minimum absolute atomic E-state index is 0.0487. The summed E-state index contributed by atoms with van der Waals surface area (Å²) >= 11 is 1.17. The first kappa shape index (κ1) is 31.8. The molecule has 0 amide bonds. The van der Waals surface area contributed by atoms with Crippen molar-refractivity contribution in [2.75, 3.05) is 18.9 Å². The van der Waals surface area contributed by atoms with Crippen molar-refractivity contribution in [2.24, 2.45) is 11.7 Å². The van der Waals surface area contributed by atoms with E-state index in [-0.39, 0.29) is 42.4 Å². The highest BCUT2D eigenvalue weighted by Gasteiger charge is 2.41. The van der Waals surface area contributed by atoms with Gasteiger partial charge in [0.25, 0.3) is 0 Å². The zero-order valence-corrected chi connectivity index (χ0v) is 25.0. The fourth-order valence-corrected chi connectivity index (χ4v) is 7.97. The number of Topliss-reactive ketones (excluding diaryl/α,β-unsaturated/α-hetero) is 1. The predicted molar refractivity (Wildman–Crippen MR) is 159 cm³/mol. The highest BCUT2D eigenvalue weighted by Crippen LogP contribution is 2.36. The molecule has 224 valence electrons. The molecule has 0 radical (unpaired) electrons. The van der Waals surface area contributed by atoms with Gasteiger partial charge in [0.1, 0.15) is 23.1 Å². The summed E-state index contributed by atoms with van der Waals surface area (Å²) < 4.78 is 63.2. The van der Waals surface area contributed by atoms with Crippen LogP contribution in [-0.2, 0) is 24.3 Å². The first-order chi connectivity index (χ1) is 20.0. The van der Waals surface area contributed by atoms with E-state index in [1.807, 2.05) is 30.3 Å². The minimum Gasteiger partial charge on any atom is -0.465 e. The molecule has 0 unspecified atom stereocenters. The maximum absolute atomic E-state index is 14.8. The Morgan fingerprint density at radius 2 is 1.60 bits per heavy atom. The van der Waals surface area contributed by atoms with E-state index in [1.54, 1.807) is 26.0 Å². The number of ether oxygens (including phenoxy) is 1. The van der Waals surface area contributed by atoms with Crippen molar-refractivity contribution in [1.82, 2.24) is 4.31 Å². The number of benzene rings is 3. The lowest BCUT2D eigenvalue weighted by molar-refractivity contribution is -0.146. The van der Waals surface area contributed by atoms with Gasteiger partial charge in [0.15, 0.2) is 5.78 Å². The van der Waals surface area contributed by atoms with E-state index in [0.29, 0.717) is 5.75 Å². The molecule has 3 aromatic carbocycles. The molecular weight excluding hydrogens is 582 g/mol. The second-order valence-corrected chi connectivity index (χ2v) is 13.5. The van der Waals surface area contributed by atoms with Crippen molar-refractivity contribution in [3.63, 3.8) is 0 Å². The molecule has 7 nitrogen and oxygen atoms in total. The Balaban J connectivity index is 1.52. The number of nitrogens with two attached hydrogens (primary N) is 1. The Labute approximate surface area is 249 Å². The highest BCUT2D eigenvalue weighted by molar-refractivity contribution is 8.02. The first-order valence-electron chi connectivity index (χ1n) is 13.7. The lowest BCUT2D eigenvalue weighted by Crippen LogP contribution is -2.40. The fraction of sp³-hybridized carbons (Fsp3) is 0.355. The van der Waals surface area contributed by atoms with E-state index in [1.165, 1.54) is 30.0 Å². The number of halogens is 2. The lowest BCUT2D eigenvalue weighted by atomic mass is 9.90. The maximum atomic E-state index is 14.8. The van der Waals surface area contributed by atoms with Gasteiger partial charge in [-0.2, -0.15) is 4.31 Å². The number of hydrogen-bond acceptors (Lipinski definition) is 7. The molecule has 11 heteroatoms. The molecule has 1 saturated heterocycles. The molecular formula is C31H34F2N2O5S2. The van der Waals surface area contributed by atoms with Crippen LogP contribution >= 0.6 is 11.8 Å². The fourth-order valence-electron chi connectivity index (χ4n) is 4.80. The van der Waals surface area contributed by atoms with Crippen molar-refractivity contribution in [3.8, 4) is 11.1 Å². The third kappa shape index (κ3) is 7.26. The summed E-state index contributed by atoms with van der Waals surface area (Å²) in [5, 5.41) is -1.06. The van der Waals surface area contributed by atoms with Crippen LogP contribution < -0.4 is 5.73 Å². The van der Waals surface area contributed by atoms with E-state index >= 15 is 0 Å². The average Bonchev–Trinajstić information content (AvgIpc) is 3.48. The summed E-state index contributed by atoms with van der Waals surface area (Å²) in [4.78, 5) is 25.8. The van der Waals surface area contributed by atoms with Crippen molar-refractivity contribution in [1.29, 1.82) is 0 Å². The van der Waals surface area contributed by atoms with Crippen LogP contribution in [0.15, 0.2) is 77.7 Å². The van der Waals surface area contributed by atoms with E-state index in [4.69, 9.17) is 10.5 Å². The Morgan fingerprint density at radius 1 is 0.976 bits per heavy atom. The van der Waals surface area contributed by atoms with Crippen LogP contribution in [-0.4, -0.2) is 54.8 Å². The van der Waals surface area contributed by atoms with Crippen LogP contribution in [0.25, 0.3) is 11.1 Å². The van der Waals surface area contributed by atoms with Crippen LogP contribution in [0.1, 0.15) is 38.2 Å². The molecule has 4 rings (SSSR count).